The number of benzene rings is 1. The largest absolute Gasteiger partial charge is 0.444 e. The molecule has 2 aromatic heterocycles. The number of imidazole rings is 1. The van der Waals surface area contributed by atoms with Crippen LogP contribution < -0.4 is 10.6 Å². The van der Waals surface area contributed by atoms with E-state index < -0.39 is 11.6 Å². The molecular formula is C32H40ClN7O3. The molecule has 10 nitrogen and oxygen atoms in total. The Morgan fingerprint density at radius 1 is 1.09 bits per heavy atom. The second kappa shape index (κ2) is 12.4. The number of pyridine rings is 1. The number of nitrogens with zero attached hydrogens (tertiary/aromatic N) is 5. The fourth-order valence-electron chi connectivity index (χ4n) is 5.68. The second-order valence-corrected chi connectivity index (χ2v) is 12.8. The van der Waals surface area contributed by atoms with Gasteiger partial charge in [-0.3, -0.25) is 9.88 Å². The molecular weight excluding hydrogens is 566 g/mol. The predicted molar refractivity (Wildman–Crippen MR) is 168 cm³/mol. The molecule has 3 heterocycles. The smallest absolute Gasteiger partial charge is 0.410 e. The molecule has 1 unspecified atom stereocenters. The number of carbonyl (C=O) groups is 2. The van der Waals surface area contributed by atoms with Gasteiger partial charge in [-0.25, -0.2) is 14.6 Å². The van der Waals surface area contributed by atoms with Crippen LogP contribution in [0, 0.1) is 0 Å². The summed E-state index contributed by atoms with van der Waals surface area (Å²) in [7, 11) is 1.91. The number of aryl methyl sites for hydroxylation is 1. The van der Waals surface area contributed by atoms with Crippen LogP contribution >= 0.6 is 11.6 Å². The minimum atomic E-state index is -0.552. The molecule has 5 rings (SSSR count). The zero-order valence-corrected chi connectivity index (χ0v) is 26.4. The lowest BCUT2D eigenvalue weighted by Gasteiger charge is -2.40. The number of rotatable bonds is 5. The Bertz CT molecular complexity index is 1520. The molecule has 228 valence electrons. The van der Waals surface area contributed by atoms with Crippen LogP contribution in [-0.2, 0) is 11.8 Å². The SMILES string of the molecule is CC(C)NC(=O)NC(C1=Cc2cccnc2[C@@H](N2CCN(C(=O)OC(C)(C)C)CC2)c2ccc(Cl)cc21)c1cncn1C. The number of carbonyl (C=O) groups excluding carboxylic acids is 2. The molecule has 2 aliphatic rings. The summed E-state index contributed by atoms with van der Waals surface area (Å²) in [6.45, 7) is 11.8. The number of fused-ring (bicyclic) bond motifs is 2. The van der Waals surface area contributed by atoms with E-state index in [-0.39, 0.29) is 24.2 Å². The lowest BCUT2D eigenvalue weighted by atomic mass is 9.90. The summed E-state index contributed by atoms with van der Waals surface area (Å²) in [5.74, 6) is 0. The third-order valence-corrected chi connectivity index (χ3v) is 7.78. The standard InChI is InChI=1S/C32H40ClN7O3/c1-20(2)36-30(41)37-28(26-18-34-19-38(26)6)25-16-21-8-7-11-35-27(21)29(23-10-9-22(33)17-24(23)25)39-12-14-40(15-13-39)31(42)43-32(3,4)5/h7-11,16-20,28-29H,12-15H2,1-6H3,(H2,36,37,41)/t28?,29-/m0/s1. The van der Waals surface area contributed by atoms with Gasteiger partial charge in [0.2, 0.25) is 0 Å². The molecule has 1 saturated heterocycles. The number of nitrogens with one attached hydrogen (secondary N) is 2. The van der Waals surface area contributed by atoms with Gasteiger partial charge >= 0.3 is 12.1 Å². The average Bonchev–Trinajstić information content (AvgIpc) is 3.30. The zero-order valence-electron chi connectivity index (χ0n) is 25.6. The molecule has 3 amide bonds. The van der Waals surface area contributed by atoms with Gasteiger partial charge in [-0.05, 0) is 81.2 Å². The van der Waals surface area contributed by atoms with Gasteiger partial charge < -0.3 is 24.8 Å². The number of ether oxygens (including phenoxy) is 1. The van der Waals surface area contributed by atoms with Crippen LogP contribution in [0.5, 0.6) is 0 Å². The maximum atomic E-state index is 13.1. The van der Waals surface area contributed by atoms with Crippen LogP contribution in [0.4, 0.5) is 9.59 Å². The van der Waals surface area contributed by atoms with Gasteiger partial charge in [0, 0.05) is 50.5 Å². The average molecular weight is 606 g/mol. The highest BCUT2D eigenvalue weighted by molar-refractivity contribution is 6.30. The zero-order chi connectivity index (χ0) is 30.9. The number of piperazine rings is 1. The molecule has 1 aliphatic carbocycles. The number of halogens is 1. The molecule has 1 aromatic carbocycles. The van der Waals surface area contributed by atoms with E-state index >= 15 is 0 Å². The first-order valence-corrected chi connectivity index (χ1v) is 15.0. The first-order valence-electron chi connectivity index (χ1n) is 14.6. The number of hydrogen-bond acceptors (Lipinski definition) is 6. The van der Waals surface area contributed by atoms with Crippen molar-refractivity contribution in [3.05, 3.63) is 82.2 Å². The van der Waals surface area contributed by atoms with Crippen molar-refractivity contribution in [2.45, 2.75) is 58.3 Å². The lowest BCUT2D eigenvalue weighted by molar-refractivity contribution is 0.0118. The fourth-order valence-corrected chi connectivity index (χ4v) is 5.85. The Kier molecular flexibility index (Phi) is 8.80. The molecule has 2 N–H and O–H groups in total. The van der Waals surface area contributed by atoms with Crippen molar-refractivity contribution in [2.24, 2.45) is 7.05 Å². The minimum absolute atomic E-state index is 0.0364. The fraction of sp³-hybridized carbons (Fsp3) is 0.438. The van der Waals surface area contributed by atoms with Crippen LogP contribution in [0.25, 0.3) is 11.6 Å². The summed E-state index contributed by atoms with van der Waals surface area (Å²) >= 11 is 6.65. The van der Waals surface area contributed by atoms with Crippen molar-refractivity contribution < 1.29 is 14.3 Å². The van der Waals surface area contributed by atoms with E-state index in [9.17, 15) is 9.59 Å². The Labute approximate surface area is 258 Å². The predicted octanol–water partition coefficient (Wildman–Crippen LogP) is 5.41. The second-order valence-electron chi connectivity index (χ2n) is 12.3. The third-order valence-electron chi connectivity index (χ3n) is 7.55. The number of hydrogen-bond donors (Lipinski definition) is 2. The first-order chi connectivity index (χ1) is 20.4. The molecule has 1 aliphatic heterocycles. The van der Waals surface area contributed by atoms with Gasteiger partial charge in [0.05, 0.1) is 36.0 Å². The van der Waals surface area contributed by atoms with Gasteiger partial charge in [-0.2, -0.15) is 0 Å². The quantitative estimate of drug-likeness (QED) is 0.403. The van der Waals surface area contributed by atoms with Crippen molar-refractivity contribution in [2.75, 3.05) is 26.2 Å². The summed E-state index contributed by atoms with van der Waals surface area (Å²) in [6, 6.07) is 8.84. The van der Waals surface area contributed by atoms with Crippen molar-refractivity contribution in [1.29, 1.82) is 0 Å². The van der Waals surface area contributed by atoms with Gasteiger partial charge in [0.25, 0.3) is 0 Å². The Morgan fingerprint density at radius 3 is 2.49 bits per heavy atom. The van der Waals surface area contributed by atoms with Crippen molar-refractivity contribution >= 4 is 35.4 Å². The van der Waals surface area contributed by atoms with E-state index in [1.807, 2.05) is 76.7 Å². The summed E-state index contributed by atoms with van der Waals surface area (Å²) < 4.78 is 7.54. The molecule has 11 heteroatoms. The Morgan fingerprint density at radius 2 is 1.84 bits per heavy atom. The van der Waals surface area contributed by atoms with E-state index in [0.717, 1.165) is 33.7 Å². The highest BCUT2D eigenvalue weighted by Crippen LogP contribution is 2.44. The van der Waals surface area contributed by atoms with Crippen LogP contribution in [0.1, 0.15) is 74.8 Å². The topological polar surface area (TPSA) is 105 Å². The van der Waals surface area contributed by atoms with Gasteiger partial charge in [-0.1, -0.05) is 23.7 Å². The summed E-state index contributed by atoms with van der Waals surface area (Å²) in [5.41, 5.74) is 4.95. The first kappa shape index (κ1) is 30.6. The molecule has 43 heavy (non-hydrogen) atoms. The van der Waals surface area contributed by atoms with E-state index in [1.165, 1.54) is 0 Å². The van der Waals surface area contributed by atoms with Crippen molar-refractivity contribution in [1.82, 2.24) is 35.0 Å². The van der Waals surface area contributed by atoms with Crippen LogP contribution in [0.15, 0.2) is 49.1 Å². The minimum Gasteiger partial charge on any atom is -0.444 e. The number of aromatic nitrogens is 3. The molecule has 3 aromatic rings. The monoisotopic (exact) mass is 605 g/mol. The van der Waals surface area contributed by atoms with E-state index in [1.54, 1.807) is 17.4 Å². The van der Waals surface area contributed by atoms with Crippen molar-refractivity contribution in [3.8, 4) is 0 Å². The molecule has 0 saturated carbocycles. The lowest BCUT2D eigenvalue weighted by Crippen LogP contribution is -2.51. The van der Waals surface area contributed by atoms with E-state index in [0.29, 0.717) is 31.2 Å². The molecule has 1 fully saturated rings. The van der Waals surface area contributed by atoms with Gasteiger partial charge in [0.1, 0.15) is 5.60 Å². The Balaban J connectivity index is 1.57. The van der Waals surface area contributed by atoms with E-state index in [4.69, 9.17) is 21.3 Å². The Hall–Kier alpha value is -3.89. The summed E-state index contributed by atoms with van der Waals surface area (Å²) in [4.78, 5) is 39.3. The number of urea groups is 1. The van der Waals surface area contributed by atoms with E-state index in [2.05, 4.69) is 32.7 Å². The van der Waals surface area contributed by atoms with Gasteiger partial charge in [-0.15, -0.1) is 0 Å². The molecule has 0 spiro atoms. The van der Waals surface area contributed by atoms with Gasteiger partial charge in [0.15, 0.2) is 0 Å². The normalized spacial score (nSPS) is 17.8. The molecule has 0 radical (unpaired) electrons. The maximum Gasteiger partial charge on any atom is 0.410 e. The highest BCUT2D eigenvalue weighted by Gasteiger charge is 2.36. The highest BCUT2D eigenvalue weighted by atomic mass is 35.5. The van der Waals surface area contributed by atoms with Crippen LogP contribution in [-0.4, -0.2) is 74.3 Å². The molecule has 2 atom stereocenters. The molecule has 0 bridgehead atoms. The number of amides is 3. The van der Waals surface area contributed by atoms with Crippen molar-refractivity contribution in [3.63, 3.8) is 0 Å². The summed E-state index contributed by atoms with van der Waals surface area (Å²) in [5, 5.41) is 6.74. The van der Waals surface area contributed by atoms with Crippen LogP contribution in [0.2, 0.25) is 5.02 Å². The summed E-state index contributed by atoms with van der Waals surface area (Å²) in [6.07, 6.45) is 7.11. The van der Waals surface area contributed by atoms with Crippen LogP contribution in [0.3, 0.4) is 0 Å². The maximum absolute atomic E-state index is 13.1. The third kappa shape index (κ3) is 6.86.